The molecule has 0 aliphatic heterocycles. The monoisotopic (exact) mass is 396 g/mol. The number of anilines is 1. The lowest BCUT2D eigenvalue weighted by Crippen LogP contribution is -2.31. The largest absolute Gasteiger partial charge is 0.360 e. The molecule has 0 fully saturated rings. The zero-order valence-electron chi connectivity index (χ0n) is 15.3. The van der Waals surface area contributed by atoms with E-state index >= 15 is 0 Å². The highest BCUT2D eigenvalue weighted by atomic mass is 32.2. The lowest BCUT2D eigenvalue weighted by atomic mass is 10.00. The summed E-state index contributed by atoms with van der Waals surface area (Å²) < 4.78 is 4.90. The molecular weight excluding hydrogens is 376 g/mol. The maximum Gasteiger partial charge on any atom is 0.235 e. The van der Waals surface area contributed by atoms with Crippen LogP contribution in [0.4, 0.5) is 5.82 Å². The Hall–Kier alpha value is -3.13. The van der Waals surface area contributed by atoms with Crippen molar-refractivity contribution in [2.24, 2.45) is 0 Å². The van der Waals surface area contributed by atoms with E-state index in [0.29, 0.717) is 11.6 Å². The van der Waals surface area contributed by atoms with Crippen molar-refractivity contribution in [3.05, 3.63) is 77.8 Å². The smallest absolute Gasteiger partial charge is 0.235 e. The maximum absolute atomic E-state index is 12.4. The molecule has 0 aliphatic carbocycles. The lowest BCUT2D eigenvalue weighted by molar-refractivity contribution is -0.119. The predicted octanol–water partition coefficient (Wildman–Crippen LogP) is 2.96. The molecule has 0 aliphatic rings. The molecule has 2 aromatic heterocycles. The van der Waals surface area contributed by atoms with Gasteiger partial charge in [-0.05, 0) is 30.2 Å². The van der Waals surface area contributed by atoms with Crippen molar-refractivity contribution in [3.8, 4) is 0 Å². The SMILES string of the molecule is Cc1cc(NC(=O)CSCC(=O)NC(c2ccccc2)c2ccncc2)no1. The second-order valence-corrected chi connectivity index (χ2v) is 7.04. The number of aryl methyl sites for hydroxylation is 1. The molecule has 2 N–H and O–H groups in total. The highest BCUT2D eigenvalue weighted by Gasteiger charge is 2.17. The quantitative estimate of drug-likeness (QED) is 0.608. The first-order valence-corrected chi connectivity index (χ1v) is 9.82. The average Bonchev–Trinajstić information content (AvgIpc) is 3.12. The number of benzene rings is 1. The molecule has 8 heteroatoms. The number of thioether (sulfide) groups is 1. The molecule has 0 spiro atoms. The molecule has 0 radical (unpaired) electrons. The zero-order valence-corrected chi connectivity index (χ0v) is 16.1. The van der Waals surface area contributed by atoms with Crippen LogP contribution in [0.1, 0.15) is 22.9 Å². The second kappa shape index (κ2) is 9.70. The van der Waals surface area contributed by atoms with Crippen LogP contribution in [0.5, 0.6) is 0 Å². The number of pyridine rings is 1. The summed E-state index contributed by atoms with van der Waals surface area (Å²) in [5.41, 5.74) is 1.92. The van der Waals surface area contributed by atoms with E-state index < -0.39 is 0 Å². The molecule has 0 saturated heterocycles. The summed E-state index contributed by atoms with van der Waals surface area (Å²) in [4.78, 5) is 28.4. The number of nitrogens with one attached hydrogen (secondary N) is 2. The molecule has 144 valence electrons. The molecule has 28 heavy (non-hydrogen) atoms. The summed E-state index contributed by atoms with van der Waals surface area (Å²) in [6.07, 6.45) is 3.39. The second-order valence-electron chi connectivity index (χ2n) is 6.06. The van der Waals surface area contributed by atoms with E-state index in [4.69, 9.17) is 4.52 Å². The Morgan fingerprint density at radius 2 is 1.71 bits per heavy atom. The van der Waals surface area contributed by atoms with Crippen LogP contribution in [0.25, 0.3) is 0 Å². The number of amides is 2. The molecule has 0 bridgehead atoms. The van der Waals surface area contributed by atoms with E-state index in [-0.39, 0.29) is 29.4 Å². The molecule has 2 amide bonds. The van der Waals surface area contributed by atoms with Crippen molar-refractivity contribution < 1.29 is 14.1 Å². The minimum absolute atomic E-state index is 0.143. The highest BCUT2D eigenvalue weighted by Crippen LogP contribution is 2.21. The van der Waals surface area contributed by atoms with E-state index in [1.165, 1.54) is 11.8 Å². The molecule has 3 aromatic rings. The fourth-order valence-corrected chi connectivity index (χ4v) is 3.23. The van der Waals surface area contributed by atoms with Gasteiger partial charge in [-0.3, -0.25) is 14.6 Å². The fourth-order valence-electron chi connectivity index (χ4n) is 2.60. The Balaban J connectivity index is 1.53. The van der Waals surface area contributed by atoms with Gasteiger partial charge >= 0.3 is 0 Å². The minimum Gasteiger partial charge on any atom is -0.360 e. The highest BCUT2D eigenvalue weighted by molar-refractivity contribution is 8.00. The van der Waals surface area contributed by atoms with Gasteiger partial charge in [0.05, 0.1) is 17.5 Å². The molecule has 3 rings (SSSR count). The Kier molecular flexibility index (Phi) is 6.80. The number of rotatable bonds is 8. The minimum atomic E-state index is -0.274. The normalized spacial score (nSPS) is 11.6. The van der Waals surface area contributed by atoms with Crippen molar-refractivity contribution in [2.75, 3.05) is 16.8 Å². The van der Waals surface area contributed by atoms with Gasteiger partial charge in [0.25, 0.3) is 0 Å². The molecule has 1 aromatic carbocycles. The van der Waals surface area contributed by atoms with Gasteiger partial charge in [-0.1, -0.05) is 35.5 Å². The number of hydrogen-bond donors (Lipinski definition) is 2. The molecule has 0 saturated carbocycles. The van der Waals surface area contributed by atoms with E-state index in [9.17, 15) is 9.59 Å². The van der Waals surface area contributed by atoms with Gasteiger partial charge in [-0.2, -0.15) is 0 Å². The van der Waals surface area contributed by atoms with E-state index in [2.05, 4.69) is 20.8 Å². The topological polar surface area (TPSA) is 97.1 Å². The van der Waals surface area contributed by atoms with Gasteiger partial charge in [0.1, 0.15) is 5.76 Å². The van der Waals surface area contributed by atoms with Crippen LogP contribution >= 0.6 is 11.8 Å². The van der Waals surface area contributed by atoms with E-state index in [1.54, 1.807) is 25.4 Å². The number of aromatic nitrogens is 2. The summed E-state index contributed by atoms with van der Waals surface area (Å²) in [5, 5.41) is 9.36. The van der Waals surface area contributed by atoms with Crippen molar-refractivity contribution in [2.45, 2.75) is 13.0 Å². The van der Waals surface area contributed by atoms with Crippen molar-refractivity contribution in [3.63, 3.8) is 0 Å². The zero-order chi connectivity index (χ0) is 19.8. The van der Waals surface area contributed by atoms with Crippen LogP contribution in [0.3, 0.4) is 0 Å². The van der Waals surface area contributed by atoms with E-state index in [1.807, 2.05) is 42.5 Å². The van der Waals surface area contributed by atoms with E-state index in [0.717, 1.165) is 11.1 Å². The lowest BCUT2D eigenvalue weighted by Gasteiger charge is -2.19. The summed E-state index contributed by atoms with van der Waals surface area (Å²) in [7, 11) is 0. The number of hydrogen-bond acceptors (Lipinski definition) is 6. The van der Waals surface area contributed by atoms with Crippen LogP contribution in [-0.4, -0.2) is 33.5 Å². The average molecular weight is 396 g/mol. The Morgan fingerprint density at radius 3 is 2.39 bits per heavy atom. The van der Waals surface area contributed by atoms with Gasteiger partial charge in [-0.25, -0.2) is 0 Å². The Morgan fingerprint density at radius 1 is 1.04 bits per heavy atom. The van der Waals surface area contributed by atoms with Gasteiger partial charge < -0.3 is 15.2 Å². The predicted molar refractivity (Wildman–Crippen MR) is 108 cm³/mol. The molecule has 1 atom stereocenters. The first-order chi connectivity index (χ1) is 13.6. The first-order valence-electron chi connectivity index (χ1n) is 8.67. The molecule has 7 nitrogen and oxygen atoms in total. The van der Waals surface area contributed by atoms with Gasteiger partial charge in [0.15, 0.2) is 5.82 Å². The summed E-state index contributed by atoms with van der Waals surface area (Å²) in [6.45, 7) is 1.74. The fraction of sp³-hybridized carbons (Fsp3) is 0.200. The van der Waals surface area contributed by atoms with Crippen molar-refractivity contribution >= 4 is 29.4 Å². The molecular formula is C20H20N4O3S. The van der Waals surface area contributed by atoms with Crippen LogP contribution < -0.4 is 10.6 Å². The van der Waals surface area contributed by atoms with Crippen LogP contribution in [-0.2, 0) is 9.59 Å². The summed E-state index contributed by atoms with van der Waals surface area (Å²) in [5.74, 6) is 0.907. The Bertz CT molecular complexity index is 876. The molecule has 2 heterocycles. The van der Waals surface area contributed by atoms with Gasteiger partial charge in [-0.15, -0.1) is 11.8 Å². The number of carbonyl (C=O) groups excluding carboxylic acids is 2. The van der Waals surface area contributed by atoms with Crippen molar-refractivity contribution in [1.82, 2.24) is 15.5 Å². The van der Waals surface area contributed by atoms with Gasteiger partial charge in [0, 0.05) is 18.5 Å². The number of carbonyl (C=O) groups is 2. The molecule has 1 unspecified atom stereocenters. The summed E-state index contributed by atoms with van der Waals surface area (Å²) in [6, 6.07) is 14.8. The standard InChI is InChI=1S/C20H20N4O3S/c1-14-11-17(24-27-14)22-18(25)12-28-13-19(26)23-20(15-5-3-2-4-6-15)16-7-9-21-10-8-16/h2-11,20H,12-13H2,1H3,(H,23,26)(H,22,24,25). The third kappa shape index (κ3) is 5.68. The van der Waals surface area contributed by atoms with Gasteiger partial charge in [0.2, 0.25) is 11.8 Å². The van der Waals surface area contributed by atoms with Crippen LogP contribution in [0.2, 0.25) is 0 Å². The third-order valence-electron chi connectivity index (χ3n) is 3.84. The maximum atomic E-state index is 12.4. The third-order valence-corrected chi connectivity index (χ3v) is 4.77. The van der Waals surface area contributed by atoms with Crippen LogP contribution in [0, 0.1) is 6.92 Å². The first kappa shape index (κ1) is 19.6. The van der Waals surface area contributed by atoms with Crippen molar-refractivity contribution in [1.29, 1.82) is 0 Å². The number of nitrogens with zero attached hydrogens (tertiary/aromatic N) is 2. The van der Waals surface area contributed by atoms with Crippen LogP contribution in [0.15, 0.2) is 65.4 Å². The Labute approximate surface area is 166 Å². The summed E-state index contributed by atoms with van der Waals surface area (Å²) >= 11 is 1.23.